The average molecular weight is 405 g/mol. The van der Waals surface area contributed by atoms with Crippen LogP contribution in [-0.2, 0) is 6.42 Å². The molecule has 4 rings (SSSR count). The second kappa shape index (κ2) is 12.3. The van der Waals surface area contributed by atoms with E-state index in [0.717, 1.165) is 30.1 Å². The zero-order valence-corrected chi connectivity index (χ0v) is 19.3. The van der Waals surface area contributed by atoms with Gasteiger partial charge >= 0.3 is 0 Å². The average Bonchev–Trinajstić information content (AvgIpc) is 3.13. The molecule has 0 saturated heterocycles. The Hall–Kier alpha value is -1.24. The van der Waals surface area contributed by atoms with E-state index in [2.05, 4.69) is 17.9 Å². The van der Waals surface area contributed by atoms with E-state index in [0.29, 0.717) is 11.7 Å². The van der Waals surface area contributed by atoms with Crippen molar-refractivity contribution in [3.63, 3.8) is 0 Å². The molecule has 0 amide bonds. The van der Waals surface area contributed by atoms with E-state index >= 15 is 0 Å². The van der Waals surface area contributed by atoms with Crippen LogP contribution in [0.25, 0.3) is 0 Å². The molecule has 0 bridgehead atoms. The Balaban J connectivity index is 0.000000431. The summed E-state index contributed by atoms with van der Waals surface area (Å²) in [6.45, 7) is 8.00. The summed E-state index contributed by atoms with van der Waals surface area (Å²) in [5.74, 6) is 10.4. The fraction of sp³-hybridized carbons (Fsp3) is 0.640. The van der Waals surface area contributed by atoms with Gasteiger partial charge in [-0.1, -0.05) is 50.4 Å². The third-order valence-electron chi connectivity index (χ3n) is 6.24. The van der Waals surface area contributed by atoms with Crippen LogP contribution in [0.15, 0.2) is 18.2 Å². The molecule has 2 nitrogen and oxygen atoms in total. The maximum atomic E-state index is 9.68. The molecule has 1 aromatic rings. The first kappa shape index (κ1) is 24.8. The molecule has 6 unspecified atom stereocenters. The molecular weight excluding hydrogens is 364 g/mol. The Bertz CT molecular complexity index is 657. The van der Waals surface area contributed by atoms with Crippen molar-refractivity contribution in [1.29, 1.82) is 0 Å². The molecule has 0 aliphatic heterocycles. The minimum atomic E-state index is -0.611. The molecular formula is C25H40O2S. The maximum Gasteiger partial charge on any atom is 0.115 e. The van der Waals surface area contributed by atoms with Crippen LogP contribution in [0, 0.1) is 36.0 Å². The zero-order valence-electron chi connectivity index (χ0n) is 18.4. The van der Waals surface area contributed by atoms with Gasteiger partial charge in [0.1, 0.15) is 5.75 Å². The molecule has 3 aliphatic rings. The highest BCUT2D eigenvalue weighted by molar-refractivity contribution is 8.08. The molecule has 3 heteroatoms. The van der Waals surface area contributed by atoms with Gasteiger partial charge < -0.3 is 9.66 Å². The molecule has 2 fully saturated rings. The normalized spacial score (nSPS) is 30.1. The first-order valence-electron chi connectivity index (χ1n) is 10.9. The van der Waals surface area contributed by atoms with E-state index in [4.69, 9.17) is 11.0 Å². The van der Waals surface area contributed by atoms with Crippen LogP contribution in [0.3, 0.4) is 0 Å². The number of fused-ring (bicyclic) bond motifs is 5. The summed E-state index contributed by atoms with van der Waals surface area (Å²) in [4.78, 5) is 0. The Morgan fingerprint density at radius 3 is 2.21 bits per heavy atom. The smallest absolute Gasteiger partial charge is 0.115 e. The Morgan fingerprint density at radius 1 is 1.00 bits per heavy atom. The Kier molecular flexibility index (Phi) is 10.9. The number of hydrogen-bond acceptors (Lipinski definition) is 2. The molecule has 158 valence electrons. The summed E-state index contributed by atoms with van der Waals surface area (Å²) in [6, 6.07) is 6.03. The van der Waals surface area contributed by atoms with Gasteiger partial charge in [0, 0.05) is 12.2 Å². The Morgan fingerprint density at radius 2 is 1.61 bits per heavy atom. The van der Waals surface area contributed by atoms with Gasteiger partial charge in [0.05, 0.1) is 0 Å². The summed E-state index contributed by atoms with van der Waals surface area (Å²) in [5, 5.41) is 9.68. The lowest BCUT2D eigenvalue weighted by molar-refractivity contribution is 0.126. The predicted molar refractivity (Wildman–Crippen MR) is 126 cm³/mol. The maximum absolute atomic E-state index is 9.68. The predicted octanol–water partition coefficient (Wildman–Crippen LogP) is 6.95. The van der Waals surface area contributed by atoms with E-state index in [9.17, 15) is 5.11 Å². The molecule has 3 aliphatic carbocycles. The van der Waals surface area contributed by atoms with Crippen molar-refractivity contribution >= 4 is 16.6 Å². The van der Waals surface area contributed by atoms with Crippen molar-refractivity contribution in [2.75, 3.05) is 6.26 Å². The van der Waals surface area contributed by atoms with Crippen molar-refractivity contribution in [1.82, 2.24) is 0 Å². The van der Waals surface area contributed by atoms with Crippen molar-refractivity contribution in [3.05, 3.63) is 29.3 Å². The van der Waals surface area contributed by atoms with Crippen molar-refractivity contribution < 1.29 is 9.66 Å². The molecule has 6 atom stereocenters. The minimum absolute atomic E-state index is 0.421. The van der Waals surface area contributed by atoms with E-state index in [1.807, 2.05) is 39.8 Å². The number of rotatable bonds is 0. The number of aryl methyl sites for hydroxylation is 1. The quantitative estimate of drug-likeness (QED) is 0.363. The van der Waals surface area contributed by atoms with Gasteiger partial charge in [-0.3, -0.25) is 0 Å². The number of aromatic hydroxyl groups is 1. The number of terminal acetylenes is 1. The van der Waals surface area contributed by atoms with Crippen LogP contribution in [0.4, 0.5) is 0 Å². The summed E-state index contributed by atoms with van der Waals surface area (Å²) < 4.78 is 7.97. The number of phenolic OH excluding ortho intramolecular Hbond substituents is 1. The van der Waals surface area contributed by atoms with Gasteiger partial charge in [-0.2, -0.15) is 0 Å². The topological polar surface area (TPSA) is 40.5 Å². The van der Waals surface area contributed by atoms with E-state index in [-0.39, 0.29) is 0 Å². The number of hydrogen-bond donors (Lipinski definition) is 2. The third-order valence-corrected chi connectivity index (χ3v) is 6.24. The standard InChI is InChI=1S/C19H22O.C2H6OS.2C2H6/c1-2-12-3-6-17-15(12)9-10-18-16-8-5-14(20)11-13(16)4-7-19(17)18;1-4(2)3;2*1-2/h1,5,8,11-12,15,17-20H,3-4,6-7,9-10H2;3H,1H2,2H3;2*1-2H3. The Labute approximate surface area is 175 Å². The van der Waals surface area contributed by atoms with Gasteiger partial charge in [0.15, 0.2) is 0 Å². The molecule has 0 radical (unpaired) electrons. The monoisotopic (exact) mass is 404 g/mol. The molecule has 2 saturated carbocycles. The van der Waals surface area contributed by atoms with Crippen molar-refractivity contribution in [2.45, 2.75) is 72.1 Å². The second-order valence-electron chi connectivity index (χ2n) is 7.55. The zero-order chi connectivity index (χ0) is 21.3. The van der Waals surface area contributed by atoms with Crippen molar-refractivity contribution in [2.24, 2.45) is 23.7 Å². The lowest BCUT2D eigenvalue weighted by atomic mass is 9.60. The van der Waals surface area contributed by atoms with Crippen LogP contribution in [-0.4, -0.2) is 21.8 Å². The summed E-state index contributed by atoms with van der Waals surface area (Å²) in [7, 11) is -0.611. The van der Waals surface area contributed by atoms with Gasteiger partial charge in [-0.05, 0) is 85.5 Å². The first-order valence-corrected chi connectivity index (χ1v) is 12.7. The number of phenols is 1. The van der Waals surface area contributed by atoms with Gasteiger partial charge in [0.2, 0.25) is 0 Å². The van der Waals surface area contributed by atoms with Crippen LogP contribution in [0.5, 0.6) is 5.75 Å². The third kappa shape index (κ3) is 5.88. The highest BCUT2D eigenvalue weighted by Gasteiger charge is 2.47. The van der Waals surface area contributed by atoms with Gasteiger partial charge in [0.25, 0.3) is 0 Å². The first-order chi connectivity index (χ1) is 13.5. The SMILES string of the molecule is C#CC1CCC2C1CCC1c3ccc(O)cc3CCC12.C=S(C)O.CC.CC. The lowest BCUT2D eigenvalue weighted by Gasteiger charge is -2.44. The van der Waals surface area contributed by atoms with E-state index in [1.165, 1.54) is 43.2 Å². The van der Waals surface area contributed by atoms with Crippen LogP contribution in [0.1, 0.15) is 76.8 Å². The van der Waals surface area contributed by atoms with Crippen LogP contribution < -0.4 is 0 Å². The molecule has 0 heterocycles. The largest absolute Gasteiger partial charge is 0.508 e. The summed E-state index contributed by atoms with van der Waals surface area (Å²) >= 11 is 0. The highest BCUT2D eigenvalue weighted by Crippen LogP contribution is 2.56. The lowest BCUT2D eigenvalue weighted by Crippen LogP contribution is -2.35. The molecule has 0 spiro atoms. The van der Waals surface area contributed by atoms with Crippen molar-refractivity contribution in [3.8, 4) is 18.1 Å². The molecule has 0 aromatic heterocycles. The van der Waals surface area contributed by atoms with Gasteiger partial charge in [-0.25, -0.2) is 0 Å². The van der Waals surface area contributed by atoms with Crippen LogP contribution >= 0.6 is 10.8 Å². The minimum Gasteiger partial charge on any atom is -0.508 e. The molecule has 28 heavy (non-hydrogen) atoms. The second-order valence-corrected chi connectivity index (χ2v) is 8.75. The highest BCUT2D eigenvalue weighted by atomic mass is 32.2. The fourth-order valence-electron chi connectivity index (χ4n) is 5.43. The van der Waals surface area contributed by atoms with E-state index < -0.39 is 10.8 Å². The summed E-state index contributed by atoms with van der Waals surface area (Å²) in [5.41, 5.74) is 2.90. The number of benzene rings is 1. The fourth-order valence-corrected chi connectivity index (χ4v) is 5.43. The molecule has 1 aromatic carbocycles. The summed E-state index contributed by atoms with van der Waals surface area (Å²) in [6.07, 6.45) is 15.0. The van der Waals surface area contributed by atoms with E-state index in [1.54, 1.807) is 6.26 Å². The van der Waals surface area contributed by atoms with Crippen LogP contribution in [0.2, 0.25) is 0 Å². The van der Waals surface area contributed by atoms with Gasteiger partial charge in [-0.15, -0.1) is 12.3 Å². The molecule has 2 N–H and O–H groups in total.